The van der Waals surface area contributed by atoms with Crippen LogP contribution in [-0.2, 0) is 32.5 Å². The maximum Gasteiger partial charge on any atom is 0.307 e. The lowest BCUT2D eigenvalue weighted by Gasteiger charge is -2.41. The lowest BCUT2D eigenvalue weighted by atomic mass is 9.71. The minimum Gasteiger partial charge on any atom is -0.466 e. The van der Waals surface area contributed by atoms with E-state index in [0.717, 1.165) is 24.0 Å². The van der Waals surface area contributed by atoms with Crippen molar-refractivity contribution in [2.24, 2.45) is 11.3 Å². The van der Waals surface area contributed by atoms with Crippen molar-refractivity contribution < 1.29 is 22.7 Å². The second-order valence-electron chi connectivity index (χ2n) is 11.7. The molecular weight excluding hydrogens is 512 g/mol. The molecule has 2 aromatic carbocycles. The first kappa shape index (κ1) is 30.8. The van der Waals surface area contributed by atoms with Crippen LogP contribution in [0.25, 0.3) is 0 Å². The fourth-order valence-corrected chi connectivity index (χ4v) is 6.03. The molecule has 0 saturated heterocycles. The molecule has 1 saturated carbocycles. The van der Waals surface area contributed by atoms with E-state index in [1.165, 1.54) is 19.1 Å². The normalized spacial score (nSPS) is 18.1. The maximum absolute atomic E-state index is 12.5. The first-order valence-electron chi connectivity index (χ1n) is 13.9. The average Bonchev–Trinajstić information content (AvgIpc) is 2.88. The molecule has 1 amide bonds. The number of sulfone groups is 1. The molecule has 2 aromatic rings. The number of carbonyl (C=O) groups is 2. The number of hydrogen-bond donors (Lipinski definition) is 1. The minimum absolute atomic E-state index is 0.143. The van der Waals surface area contributed by atoms with Crippen LogP contribution < -0.4 is 5.32 Å². The number of benzene rings is 2. The zero-order valence-electron chi connectivity index (χ0n) is 24.0. The number of carbonyl (C=O) groups excluding carboxylic acids is 2. The van der Waals surface area contributed by atoms with Crippen LogP contribution in [0.4, 0.5) is 0 Å². The Bertz CT molecular complexity index is 1210. The summed E-state index contributed by atoms with van der Waals surface area (Å²) in [6.45, 7) is 10.6. The topological polar surface area (TPSA) is 92.8 Å². The highest BCUT2D eigenvalue weighted by Crippen LogP contribution is 2.39. The summed E-state index contributed by atoms with van der Waals surface area (Å²) >= 11 is 0. The molecule has 0 heterocycles. The minimum atomic E-state index is -3.28. The Morgan fingerprint density at radius 1 is 0.974 bits per heavy atom. The second-order valence-corrected chi connectivity index (χ2v) is 13.7. The smallest absolute Gasteiger partial charge is 0.307 e. The number of ether oxygens (including phenoxy) is 1. The van der Waals surface area contributed by atoms with Gasteiger partial charge in [-0.15, -0.1) is 0 Å². The molecule has 8 heteroatoms. The highest BCUT2D eigenvalue weighted by Gasteiger charge is 2.32. The molecule has 0 bridgehead atoms. The summed E-state index contributed by atoms with van der Waals surface area (Å²) in [6, 6.07) is 15.2. The molecule has 0 radical (unpaired) electrons. The highest BCUT2D eigenvalue weighted by atomic mass is 32.2. The lowest BCUT2D eigenvalue weighted by Crippen LogP contribution is -2.39. The summed E-state index contributed by atoms with van der Waals surface area (Å²) in [5.41, 5.74) is 2.91. The molecular formula is C31H44N2O5S. The number of hydrogen-bond acceptors (Lipinski definition) is 6. The van der Waals surface area contributed by atoms with E-state index in [1.54, 1.807) is 19.1 Å². The van der Waals surface area contributed by atoms with Crippen molar-refractivity contribution in [3.63, 3.8) is 0 Å². The number of amides is 1. The van der Waals surface area contributed by atoms with E-state index in [0.29, 0.717) is 47.5 Å². The molecule has 0 aromatic heterocycles. The standard InChI is InChI=1S/C31H44N2O5S/c1-6-38-29(34)18-19-32-30(35)25-12-10-23(11-13-25)21-33(27-16-14-26(15-17-27)31(2,3)4)22-24-8-7-9-28(20-24)39(5,36)37/h7-13,20,26-27H,6,14-19,21-22H2,1-5H3,(H,32,35). The number of nitrogens with zero attached hydrogens (tertiary/aromatic N) is 1. The van der Waals surface area contributed by atoms with Crippen molar-refractivity contribution >= 4 is 21.7 Å². The van der Waals surface area contributed by atoms with Gasteiger partial charge in [0.25, 0.3) is 5.91 Å². The van der Waals surface area contributed by atoms with Gasteiger partial charge in [-0.1, -0.05) is 45.0 Å². The van der Waals surface area contributed by atoms with Crippen LogP contribution in [0, 0.1) is 11.3 Å². The molecule has 214 valence electrons. The van der Waals surface area contributed by atoms with Crippen molar-refractivity contribution in [3.8, 4) is 0 Å². The third kappa shape index (κ3) is 9.46. The van der Waals surface area contributed by atoms with Crippen LogP contribution in [0.2, 0.25) is 0 Å². The fraction of sp³-hybridized carbons (Fsp3) is 0.548. The SMILES string of the molecule is CCOC(=O)CCNC(=O)c1ccc(CN(Cc2cccc(S(C)(=O)=O)c2)C2CCC(C(C)(C)C)CC2)cc1. The maximum atomic E-state index is 12.5. The van der Waals surface area contributed by atoms with Crippen molar-refractivity contribution in [2.75, 3.05) is 19.4 Å². The Hall–Kier alpha value is -2.71. The predicted octanol–water partition coefficient (Wildman–Crippen LogP) is 5.38. The van der Waals surface area contributed by atoms with Gasteiger partial charge in [-0.3, -0.25) is 14.5 Å². The lowest BCUT2D eigenvalue weighted by molar-refractivity contribution is -0.142. The van der Waals surface area contributed by atoms with Gasteiger partial charge in [0.1, 0.15) is 0 Å². The predicted molar refractivity (Wildman–Crippen MR) is 154 cm³/mol. The first-order valence-corrected chi connectivity index (χ1v) is 15.8. The Morgan fingerprint density at radius 2 is 1.62 bits per heavy atom. The van der Waals surface area contributed by atoms with E-state index in [1.807, 2.05) is 36.4 Å². The van der Waals surface area contributed by atoms with Gasteiger partial charge in [0.2, 0.25) is 0 Å². The Kier molecular flexibility index (Phi) is 10.7. The van der Waals surface area contributed by atoms with Crippen molar-refractivity contribution in [3.05, 3.63) is 65.2 Å². The van der Waals surface area contributed by atoms with Crippen LogP contribution in [0.3, 0.4) is 0 Å². The zero-order valence-corrected chi connectivity index (χ0v) is 24.9. The van der Waals surface area contributed by atoms with Crippen molar-refractivity contribution in [1.29, 1.82) is 0 Å². The summed E-state index contributed by atoms with van der Waals surface area (Å²) < 4.78 is 29.2. The van der Waals surface area contributed by atoms with E-state index in [-0.39, 0.29) is 24.8 Å². The van der Waals surface area contributed by atoms with Crippen LogP contribution in [0.5, 0.6) is 0 Å². The first-order chi connectivity index (χ1) is 18.4. The Balaban J connectivity index is 1.71. The van der Waals surface area contributed by atoms with E-state index >= 15 is 0 Å². The van der Waals surface area contributed by atoms with Gasteiger partial charge in [0, 0.05) is 37.5 Å². The van der Waals surface area contributed by atoms with Crippen LogP contribution >= 0.6 is 0 Å². The highest BCUT2D eigenvalue weighted by molar-refractivity contribution is 7.90. The van der Waals surface area contributed by atoms with E-state index < -0.39 is 9.84 Å². The Labute approximate surface area is 234 Å². The van der Waals surface area contributed by atoms with Crippen LogP contribution in [0.15, 0.2) is 53.4 Å². The molecule has 0 spiro atoms. The van der Waals surface area contributed by atoms with Gasteiger partial charge in [-0.05, 0) is 79.3 Å². The van der Waals surface area contributed by atoms with E-state index in [4.69, 9.17) is 4.74 Å². The van der Waals surface area contributed by atoms with Gasteiger partial charge in [0.15, 0.2) is 9.84 Å². The van der Waals surface area contributed by atoms with Gasteiger partial charge in [-0.2, -0.15) is 0 Å². The van der Waals surface area contributed by atoms with E-state index in [9.17, 15) is 18.0 Å². The van der Waals surface area contributed by atoms with Crippen LogP contribution in [-0.4, -0.2) is 50.6 Å². The average molecular weight is 557 g/mol. The summed E-state index contributed by atoms with van der Waals surface area (Å²) in [5, 5.41) is 2.77. The number of nitrogens with one attached hydrogen (secondary N) is 1. The van der Waals surface area contributed by atoms with Gasteiger partial charge >= 0.3 is 5.97 Å². The van der Waals surface area contributed by atoms with E-state index in [2.05, 4.69) is 31.0 Å². The molecule has 0 aliphatic heterocycles. The molecule has 0 unspecified atom stereocenters. The van der Waals surface area contributed by atoms with Gasteiger partial charge < -0.3 is 10.1 Å². The molecule has 1 fully saturated rings. The summed E-state index contributed by atoms with van der Waals surface area (Å²) in [5.74, 6) is 0.151. The number of esters is 1. The fourth-order valence-electron chi connectivity index (χ4n) is 5.34. The second kappa shape index (κ2) is 13.6. The summed E-state index contributed by atoms with van der Waals surface area (Å²) in [7, 11) is -3.28. The zero-order chi connectivity index (χ0) is 28.6. The van der Waals surface area contributed by atoms with Gasteiger partial charge in [-0.25, -0.2) is 8.42 Å². The Morgan fingerprint density at radius 3 is 2.21 bits per heavy atom. The molecule has 1 N–H and O–H groups in total. The summed E-state index contributed by atoms with van der Waals surface area (Å²) in [4.78, 5) is 26.8. The quantitative estimate of drug-likeness (QED) is 0.374. The summed E-state index contributed by atoms with van der Waals surface area (Å²) in [6.07, 6.45) is 5.96. The van der Waals surface area contributed by atoms with Gasteiger partial charge in [0.05, 0.1) is 17.9 Å². The third-order valence-electron chi connectivity index (χ3n) is 7.67. The molecule has 3 rings (SSSR count). The molecule has 1 aliphatic rings. The molecule has 0 atom stereocenters. The molecule has 1 aliphatic carbocycles. The molecule has 39 heavy (non-hydrogen) atoms. The third-order valence-corrected chi connectivity index (χ3v) is 8.78. The van der Waals surface area contributed by atoms with Crippen molar-refractivity contribution in [1.82, 2.24) is 10.2 Å². The van der Waals surface area contributed by atoms with Crippen molar-refractivity contribution in [2.45, 2.75) is 83.8 Å². The van der Waals surface area contributed by atoms with Crippen LogP contribution in [0.1, 0.15) is 81.3 Å². The monoisotopic (exact) mass is 556 g/mol. The molecule has 7 nitrogen and oxygen atoms in total. The number of rotatable bonds is 11. The largest absolute Gasteiger partial charge is 0.466 e.